The van der Waals surface area contributed by atoms with Crippen LogP contribution in [0.2, 0.25) is 0 Å². The number of carbonyl (C=O) groups is 1. The first-order chi connectivity index (χ1) is 11.9. The lowest BCUT2D eigenvalue weighted by atomic mass is 10.0. The molecule has 0 radical (unpaired) electrons. The van der Waals surface area contributed by atoms with E-state index in [0.29, 0.717) is 0 Å². The summed E-state index contributed by atoms with van der Waals surface area (Å²) in [6, 6.07) is 8.55. The lowest BCUT2D eigenvalue weighted by molar-refractivity contribution is -0.138. The zero-order valence-corrected chi connectivity index (χ0v) is 14.0. The monoisotopic (exact) mass is 350 g/mol. The number of alkyl halides is 3. The molecule has 1 atom stereocenters. The number of unbranched alkanes of at least 4 members (excludes halogenated alkanes) is 1. The zero-order valence-electron chi connectivity index (χ0n) is 14.0. The summed E-state index contributed by atoms with van der Waals surface area (Å²) in [6.07, 6.45) is 1.11. The highest BCUT2D eigenvalue weighted by atomic mass is 19.4. The Bertz CT molecular complexity index is 687. The van der Waals surface area contributed by atoms with E-state index in [1.54, 1.807) is 18.5 Å². The molecule has 1 aromatic carbocycles. The van der Waals surface area contributed by atoms with Crippen molar-refractivity contribution in [2.45, 2.75) is 44.8 Å². The van der Waals surface area contributed by atoms with Gasteiger partial charge in [0, 0.05) is 12.4 Å². The number of rotatable bonds is 7. The van der Waals surface area contributed by atoms with Crippen LogP contribution in [0.1, 0.15) is 48.9 Å². The number of pyridine rings is 1. The van der Waals surface area contributed by atoms with E-state index in [4.69, 9.17) is 0 Å². The maximum atomic E-state index is 13.1. The Kier molecular flexibility index (Phi) is 6.56. The third kappa shape index (κ3) is 5.59. The van der Waals surface area contributed by atoms with Crippen molar-refractivity contribution in [1.29, 1.82) is 0 Å². The fourth-order valence-corrected chi connectivity index (χ4v) is 2.68. The van der Waals surface area contributed by atoms with Crippen LogP contribution in [0.5, 0.6) is 0 Å². The van der Waals surface area contributed by atoms with Gasteiger partial charge in [-0.2, -0.15) is 13.2 Å². The number of aromatic nitrogens is 1. The Balaban J connectivity index is 2.12. The van der Waals surface area contributed by atoms with Gasteiger partial charge in [0.1, 0.15) is 0 Å². The van der Waals surface area contributed by atoms with E-state index in [-0.39, 0.29) is 18.0 Å². The molecule has 25 heavy (non-hydrogen) atoms. The van der Waals surface area contributed by atoms with Crippen molar-refractivity contribution < 1.29 is 18.0 Å². The molecule has 0 spiro atoms. The second-order valence-electron chi connectivity index (χ2n) is 5.88. The van der Waals surface area contributed by atoms with Gasteiger partial charge in [0.05, 0.1) is 18.0 Å². The Morgan fingerprint density at radius 1 is 1.20 bits per heavy atom. The molecular formula is C19H21F3N2O. The minimum absolute atomic E-state index is 0.0204. The first kappa shape index (κ1) is 19.0. The molecule has 1 aromatic heterocycles. The summed E-state index contributed by atoms with van der Waals surface area (Å²) in [5.41, 5.74) is 0.0676. The van der Waals surface area contributed by atoms with Gasteiger partial charge in [0.2, 0.25) is 5.91 Å². The average Bonchev–Trinajstić information content (AvgIpc) is 2.59. The van der Waals surface area contributed by atoms with E-state index in [1.807, 2.05) is 13.0 Å². The SMILES string of the molecule is CCCC[C@@H](NC(=O)Cc1ccccc1C(F)(F)F)c1cccnc1. The molecule has 0 saturated carbocycles. The lowest BCUT2D eigenvalue weighted by Crippen LogP contribution is -2.30. The highest BCUT2D eigenvalue weighted by molar-refractivity contribution is 5.79. The van der Waals surface area contributed by atoms with Crippen molar-refractivity contribution in [3.05, 3.63) is 65.5 Å². The number of nitrogens with zero attached hydrogens (tertiary/aromatic N) is 1. The third-order valence-corrected chi connectivity index (χ3v) is 3.94. The number of amides is 1. The van der Waals surface area contributed by atoms with Crippen LogP contribution in [0.15, 0.2) is 48.8 Å². The van der Waals surface area contributed by atoms with Crippen molar-refractivity contribution in [3.63, 3.8) is 0 Å². The van der Waals surface area contributed by atoms with Crippen LogP contribution in [0, 0.1) is 0 Å². The van der Waals surface area contributed by atoms with Crippen molar-refractivity contribution in [1.82, 2.24) is 10.3 Å². The molecule has 2 aromatic rings. The third-order valence-electron chi connectivity index (χ3n) is 3.94. The van der Waals surface area contributed by atoms with Gasteiger partial charge < -0.3 is 5.32 Å². The van der Waals surface area contributed by atoms with Gasteiger partial charge in [-0.25, -0.2) is 0 Å². The van der Waals surface area contributed by atoms with E-state index >= 15 is 0 Å². The number of benzene rings is 1. The summed E-state index contributed by atoms with van der Waals surface area (Å²) in [4.78, 5) is 16.4. The number of halogens is 3. The summed E-state index contributed by atoms with van der Waals surface area (Å²) in [7, 11) is 0. The number of nitrogens with one attached hydrogen (secondary N) is 1. The van der Waals surface area contributed by atoms with Gasteiger partial charge in [-0.1, -0.05) is 44.0 Å². The van der Waals surface area contributed by atoms with Gasteiger partial charge in [-0.15, -0.1) is 0 Å². The topological polar surface area (TPSA) is 42.0 Å². The summed E-state index contributed by atoms with van der Waals surface area (Å²) in [5, 5.41) is 2.85. The zero-order chi connectivity index (χ0) is 18.3. The highest BCUT2D eigenvalue weighted by Gasteiger charge is 2.33. The van der Waals surface area contributed by atoms with Crippen LogP contribution in [-0.2, 0) is 17.4 Å². The molecule has 0 unspecified atom stereocenters. The Morgan fingerprint density at radius 2 is 1.96 bits per heavy atom. The van der Waals surface area contributed by atoms with Crippen LogP contribution in [-0.4, -0.2) is 10.9 Å². The molecule has 0 fully saturated rings. The second kappa shape index (κ2) is 8.65. The minimum Gasteiger partial charge on any atom is -0.349 e. The Hall–Kier alpha value is -2.37. The predicted octanol–water partition coefficient (Wildman–Crippen LogP) is 4.69. The fourth-order valence-electron chi connectivity index (χ4n) is 2.68. The molecule has 0 aliphatic rings. The molecule has 6 heteroatoms. The van der Waals surface area contributed by atoms with E-state index in [0.717, 1.165) is 30.9 Å². The van der Waals surface area contributed by atoms with Gasteiger partial charge in [0.15, 0.2) is 0 Å². The summed E-state index contributed by atoms with van der Waals surface area (Å²) in [6.45, 7) is 2.04. The van der Waals surface area contributed by atoms with Crippen molar-refractivity contribution in [2.75, 3.05) is 0 Å². The molecule has 3 nitrogen and oxygen atoms in total. The summed E-state index contributed by atoms with van der Waals surface area (Å²) in [5.74, 6) is -0.429. The second-order valence-corrected chi connectivity index (χ2v) is 5.88. The standard InChI is InChI=1S/C19H21F3N2O/c1-2-3-10-17(15-8-6-11-23-13-15)24-18(25)12-14-7-4-5-9-16(14)19(20,21)22/h4-9,11,13,17H,2-3,10,12H2,1H3,(H,24,25)/t17-/m1/s1. The van der Waals surface area contributed by atoms with E-state index < -0.39 is 17.6 Å². The summed E-state index contributed by atoms with van der Waals surface area (Å²) < 4.78 is 39.2. The smallest absolute Gasteiger partial charge is 0.349 e. The van der Waals surface area contributed by atoms with Crippen molar-refractivity contribution in [2.24, 2.45) is 0 Å². The van der Waals surface area contributed by atoms with Crippen LogP contribution >= 0.6 is 0 Å². The Labute approximate surface area is 145 Å². The van der Waals surface area contributed by atoms with E-state index in [9.17, 15) is 18.0 Å². The maximum Gasteiger partial charge on any atom is 0.416 e. The fraction of sp³-hybridized carbons (Fsp3) is 0.368. The molecule has 0 bridgehead atoms. The molecule has 0 aliphatic heterocycles. The number of hydrogen-bond acceptors (Lipinski definition) is 2. The van der Waals surface area contributed by atoms with Crippen LogP contribution < -0.4 is 5.32 Å². The highest BCUT2D eigenvalue weighted by Crippen LogP contribution is 2.32. The number of carbonyl (C=O) groups excluding carboxylic acids is 1. The van der Waals surface area contributed by atoms with Gasteiger partial charge in [-0.3, -0.25) is 9.78 Å². The van der Waals surface area contributed by atoms with Crippen molar-refractivity contribution >= 4 is 5.91 Å². The van der Waals surface area contributed by atoms with Crippen LogP contribution in [0.25, 0.3) is 0 Å². The van der Waals surface area contributed by atoms with Gasteiger partial charge in [-0.05, 0) is 29.7 Å². The minimum atomic E-state index is -4.47. The first-order valence-corrected chi connectivity index (χ1v) is 8.26. The quantitative estimate of drug-likeness (QED) is 0.787. The first-order valence-electron chi connectivity index (χ1n) is 8.26. The van der Waals surface area contributed by atoms with Crippen LogP contribution in [0.4, 0.5) is 13.2 Å². The molecule has 0 aliphatic carbocycles. The van der Waals surface area contributed by atoms with Gasteiger partial charge >= 0.3 is 6.18 Å². The van der Waals surface area contributed by atoms with E-state index in [1.165, 1.54) is 18.2 Å². The average molecular weight is 350 g/mol. The molecule has 0 saturated heterocycles. The Morgan fingerprint density at radius 3 is 2.60 bits per heavy atom. The number of hydrogen-bond donors (Lipinski definition) is 1. The molecule has 134 valence electrons. The molecule has 1 N–H and O–H groups in total. The predicted molar refractivity (Wildman–Crippen MR) is 89.8 cm³/mol. The van der Waals surface area contributed by atoms with Gasteiger partial charge in [0.25, 0.3) is 0 Å². The van der Waals surface area contributed by atoms with E-state index in [2.05, 4.69) is 10.3 Å². The molecule has 1 amide bonds. The molecular weight excluding hydrogens is 329 g/mol. The normalized spacial score (nSPS) is 12.6. The molecule has 2 rings (SSSR count). The van der Waals surface area contributed by atoms with Crippen LogP contribution in [0.3, 0.4) is 0 Å². The molecule has 1 heterocycles. The van der Waals surface area contributed by atoms with Crippen molar-refractivity contribution in [3.8, 4) is 0 Å². The maximum absolute atomic E-state index is 13.1. The largest absolute Gasteiger partial charge is 0.416 e. The summed E-state index contributed by atoms with van der Waals surface area (Å²) >= 11 is 0. The lowest BCUT2D eigenvalue weighted by Gasteiger charge is -2.19.